The van der Waals surface area contributed by atoms with Crippen molar-refractivity contribution in [2.45, 2.75) is 0 Å². The molecule has 18 heavy (non-hydrogen) atoms. The Labute approximate surface area is 113 Å². The zero-order valence-corrected chi connectivity index (χ0v) is 10.8. The lowest BCUT2D eigenvalue weighted by Gasteiger charge is -2.01. The van der Waals surface area contributed by atoms with E-state index >= 15 is 0 Å². The van der Waals surface area contributed by atoms with Gasteiger partial charge in [-0.15, -0.1) is 11.3 Å². The van der Waals surface area contributed by atoms with Crippen LogP contribution in [0.5, 0.6) is 0 Å². The molecule has 0 spiro atoms. The van der Waals surface area contributed by atoms with Gasteiger partial charge in [0.05, 0.1) is 4.88 Å². The third kappa shape index (κ3) is 2.25. The van der Waals surface area contributed by atoms with Crippen molar-refractivity contribution in [1.82, 2.24) is 15.0 Å². The first-order chi connectivity index (χ1) is 8.83. The van der Waals surface area contributed by atoms with Gasteiger partial charge in [0.15, 0.2) is 11.6 Å². The van der Waals surface area contributed by atoms with E-state index in [-0.39, 0.29) is 0 Å². The Balaban J connectivity index is 2.03. The number of nitrogens with zero attached hydrogens (tertiary/aromatic N) is 3. The number of aromatic nitrogens is 3. The standard InChI is InChI=1S/C13H8ClN3S/c14-10-5-3-9(4-6-10)12-15-8-16-13(17-12)11-2-1-7-18-11/h1-8H. The van der Waals surface area contributed by atoms with Gasteiger partial charge in [-0.05, 0) is 35.7 Å². The molecule has 0 atom stereocenters. The van der Waals surface area contributed by atoms with E-state index in [0.717, 1.165) is 10.4 Å². The summed E-state index contributed by atoms with van der Waals surface area (Å²) in [6.45, 7) is 0. The molecule has 3 nitrogen and oxygen atoms in total. The Kier molecular flexibility index (Phi) is 3.04. The summed E-state index contributed by atoms with van der Waals surface area (Å²) in [6, 6.07) is 11.4. The van der Waals surface area contributed by atoms with Crippen LogP contribution in [-0.4, -0.2) is 15.0 Å². The van der Waals surface area contributed by atoms with Crippen LogP contribution in [0.25, 0.3) is 22.1 Å². The number of halogens is 1. The van der Waals surface area contributed by atoms with Gasteiger partial charge < -0.3 is 0 Å². The first-order valence-electron chi connectivity index (χ1n) is 5.32. The number of hydrogen-bond acceptors (Lipinski definition) is 4. The molecule has 0 unspecified atom stereocenters. The lowest BCUT2D eigenvalue weighted by molar-refractivity contribution is 1.07. The third-order valence-corrected chi connectivity index (χ3v) is 3.53. The Morgan fingerprint density at radius 1 is 0.944 bits per heavy atom. The van der Waals surface area contributed by atoms with E-state index < -0.39 is 0 Å². The minimum atomic E-state index is 0.657. The monoisotopic (exact) mass is 273 g/mol. The first kappa shape index (κ1) is 11.3. The highest BCUT2D eigenvalue weighted by Gasteiger charge is 2.06. The predicted octanol–water partition coefficient (Wildman–Crippen LogP) is 3.92. The van der Waals surface area contributed by atoms with Crippen LogP contribution in [0.15, 0.2) is 48.1 Å². The zero-order valence-electron chi connectivity index (χ0n) is 9.25. The molecule has 0 aliphatic carbocycles. The fourth-order valence-electron chi connectivity index (χ4n) is 1.56. The van der Waals surface area contributed by atoms with E-state index in [0.29, 0.717) is 16.7 Å². The fraction of sp³-hybridized carbons (Fsp3) is 0. The summed E-state index contributed by atoms with van der Waals surface area (Å²) in [7, 11) is 0. The van der Waals surface area contributed by atoms with Crippen LogP contribution in [0.2, 0.25) is 5.02 Å². The summed E-state index contributed by atoms with van der Waals surface area (Å²) >= 11 is 7.47. The minimum absolute atomic E-state index is 0.657. The highest BCUT2D eigenvalue weighted by Crippen LogP contribution is 2.23. The molecule has 2 heterocycles. The van der Waals surface area contributed by atoms with E-state index in [1.165, 1.54) is 6.33 Å². The van der Waals surface area contributed by atoms with E-state index in [4.69, 9.17) is 11.6 Å². The van der Waals surface area contributed by atoms with Gasteiger partial charge in [0.1, 0.15) is 6.33 Å². The summed E-state index contributed by atoms with van der Waals surface area (Å²) in [4.78, 5) is 13.9. The van der Waals surface area contributed by atoms with Gasteiger partial charge in [-0.1, -0.05) is 17.7 Å². The van der Waals surface area contributed by atoms with Crippen LogP contribution in [0.4, 0.5) is 0 Å². The van der Waals surface area contributed by atoms with Crippen molar-refractivity contribution < 1.29 is 0 Å². The second kappa shape index (κ2) is 4.84. The van der Waals surface area contributed by atoms with Crippen LogP contribution < -0.4 is 0 Å². The van der Waals surface area contributed by atoms with E-state index in [1.54, 1.807) is 11.3 Å². The van der Waals surface area contributed by atoms with Gasteiger partial charge >= 0.3 is 0 Å². The maximum Gasteiger partial charge on any atom is 0.173 e. The van der Waals surface area contributed by atoms with Gasteiger partial charge in [-0.25, -0.2) is 15.0 Å². The fourth-order valence-corrected chi connectivity index (χ4v) is 2.35. The SMILES string of the molecule is Clc1ccc(-c2ncnc(-c3cccs3)n2)cc1. The van der Waals surface area contributed by atoms with E-state index in [9.17, 15) is 0 Å². The van der Waals surface area contributed by atoms with E-state index in [1.807, 2.05) is 41.8 Å². The zero-order chi connectivity index (χ0) is 12.4. The van der Waals surface area contributed by atoms with Crippen molar-refractivity contribution >= 4 is 22.9 Å². The molecule has 1 aromatic carbocycles. The summed E-state index contributed by atoms with van der Waals surface area (Å²) in [5.74, 6) is 1.36. The van der Waals surface area contributed by atoms with Crippen LogP contribution in [-0.2, 0) is 0 Å². The van der Waals surface area contributed by atoms with Crippen molar-refractivity contribution in [3.8, 4) is 22.1 Å². The average Bonchev–Trinajstić information content (AvgIpc) is 2.94. The largest absolute Gasteiger partial charge is 0.217 e. The van der Waals surface area contributed by atoms with Gasteiger partial charge in [0.2, 0.25) is 0 Å². The van der Waals surface area contributed by atoms with Crippen molar-refractivity contribution in [3.05, 3.63) is 53.1 Å². The molecule has 0 fully saturated rings. The van der Waals surface area contributed by atoms with Crippen LogP contribution in [0.3, 0.4) is 0 Å². The van der Waals surface area contributed by atoms with Crippen LogP contribution >= 0.6 is 22.9 Å². The lowest BCUT2D eigenvalue weighted by Crippen LogP contribution is -1.93. The molecule has 0 saturated carbocycles. The van der Waals surface area contributed by atoms with Gasteiger partial charge in [0, 0.05) is 10.6 Å². The van der Waals surface area contributed by atoms with Crippen LogP contribution in [0, 0.1) is 0 Å². The molecule has 0 saturated heterocycles. The first-order valence-corrected chi connectivity index (χ1v) is 6.57. The quantitative estimate of drug-likeness (QED) is 0.710. The smallest absolute Gasteiger partial charge is 0.173 e. The third-order valence-electron chi connectivity index (χ3n) is 2.42. The van der Waals surface area contributed by atoms with Gasteiger partial charge in [0.25, 0.3) is 0 Å². The molecule has 0 aliphatic heterocycles. The summed E-state index contributed by atoms with van der Waals surface area (Å²) in [5, 5.41) is 2.70. The van der Waals surface area contributed by atoms with Crippen molar-refractivity contribution in [2.24, 2.45) is 0 Å². The molecule has 88 valence electrons. The average molecular weight is 274 g/mol. The van der Waals surface area contributed by atoms with Gasteiger partial charge in [-0.3, -0.25) is 0 Å². The molecule has 2 aromatic heterocycles. The molecular formula is C13H8ClN3S. The Morgan fingerprint density at radius 2 is 1.72 bits per heavy atom. The molecule has 5 heteroatoms. The molecule has 0 aliphatic rings. The number of benzene rings is 1. The summed E-state index contributed by atoms with van der Waals surface area (Å²) < 4.78 is 0. The molecule has 0 radical (unpaired) electrons. The molecular weight excluding hydrogens is 266 g/mol. The summed E-state index contributed by atoms with van der Waals surface area (Å²) in [5.41, 5.74) is 0.930. The second-order valence-corrected chi connectivity index (χ2v) is 5.00. The number of hydrogen-bond donors (Lipinski definition) is 0. The normalized spacial score (nSPS) is 10.5. The lowest BCUT2D eigenvalue weighted by atomic mass is 10.2. The van der Waals surface area contributed by atoms with Gasteiger partial charge in [-0.2, -0.15) is 0 Å². The molecule has 0 amide bonds. The van der Waals surface area contributed by atoms with Crippen molar-refractivity contribution in [1.29, 1.82) is 0 Å². The molecule has 0 bridgehead atoms. The Morgan fingerprint density at radius 3 is 2.44 bits per heavy atom. The predicted molar refractivity (Wildman–Crippen MR) is 73.6 cm³/mol. The number of thiophene rings is 1. The molecule has 0 N–H and O–H groups in total. The Bertz CT molecular complexity index is 650. The topological polar surface area (TPSA) is 38.7 Å². The van der Waals surface area contributed by atoms with E-state index in [2.05, 4.69) is 15.0 Å². The van der Waals surface area contributed by atoms with Crippen LogP contribution in [0.1, 0.15) is 0 Å². The highest BCUT2D eigenvalue weighted by molar-refractivity contribution is 7.13. The molecule has 3 aromatic rings. The van der Waals surface area contributed by atoms with Crippen molar-refractivity contribution in [2.75, 3.05) is 0 Å². The maximum absolute atomic E-state index is 5.86. The number of rotatable bonds is 2. The van der Waals surface area contributed by atoms with Crippen molar-refractivity contribution in [3.63, 3.8) is 0 Å². The maximum atomic E-state index is 5.86. The Hall–Kier alpha value is -1.78. The second-order valence-electron chi connectivity index (χ2n) is 3.62. The highest BCUT2D eigenvalue weighted by atomic mass is 35.5. The minimum Gasteiger partial charge on any atom is -0.217 e. The molecule has 3 rings (SSSR count). The summed E-state index contributed by atoms with van der Waals surface area (Å²) in [6.07, 6.45) is 1.53.